The van der Waals surface area contributed by atoms with Gasteiger partial charge in [0, 0.05) is 0 Å². The summed E-state index contributed by atoms with van der Waals surface area (Å²) >= 11 is 0. The zero-order valence-electron chi connectivity index (χ0n) is 8.22. The lowest BCUT2D eigenvalue weighted by Crippen LogP contribution is -2.39. The van der Waals surface area contributed by atoms with Gasteiger partial charge < -0.3 is 0 Å². The summed E-state index contributed by atoms with van der Waals surface area (Å²) in [4.78, 5) is 13.1. The highest BCUT2D eigenvalue weighted by Gasteiger charge is 2.21. The Labute approximate surface area is 69.6 Å². The third kappa shape index (κ3) is 3.02. The smallest absolute Gasteiger partial charge is 0.147 e. The van der Waals surface area contributed by atoms with E-state index in [1.807, 2.05) is 19.0 Å². The Kier molecular flexibility index (Phi) is 4.34. The fraction of sp³-hybridized carbons (Fsp3) is 0.889. The van der Waals surface area contributed by atoms with Gasteiger partial charge in [0.05, 0.1) is 6.04 Å². The fourth-order valence-corrected chi connectivity index (χ4v) is 1.50. The maximum absolute atomic E-state index is 11.1. The van der Waals surface area contributed by atoms with Crippen LogP contribution in [0, 0.1) is 5.92 Å². The normalized spacial score (nSPS) is 16.5. The molecule has 0 saturated heterocycles. The van der Waals surface area contributed by atoms with Gasteiger partial charge in [0.25, 0.3) is 0 Å². The van der Waals surface area contributed by atoms with Gasteiger partial charge in [-0.2, -0.15) is 0 Å². The number of Topliss-reactive ketones (excluding diaryl/α,β-unsaturated/α-hetero) is 1. The molecule has 0 N–H and O–H groups in total. The Morgan fingerprint density at radius 1 is 1.45 bits per heavy atom. The average Bonchev–Trinajstić information content (AvgIpc) is 1.85. The van der Waals surface area contributed by atoms with Gasteiger partial charge in [-0.15, -0.1) is 0 Å². The van der Waals surface area contributed by atoms with Crippen molar-refractivity contribution in [1.82, 2.24) is 4.90 Å². The Morgan fingerprint density at radius 2 is 1.91 bits per heavy atom. The number of ketones is 1. The van der Waals surface area contributed by atoms with Crippen LogP contribution in [0.25, 0.3) is 0 Å². The van der Waals surface area contributed by atoms with Gasteiger partial charge in [-0.3, -0.25) is 9.69 Å². The van der Waals surface area contributed by atoms with Gasteiger partial charge in [-0.25, -0.2) is 0 Å². The van der Waals surface area contributed by atoms with E-state index in [2.05, 4.69) is 13.8 Å². The lowest BCUT2D eigenvalue weighted by molar-refractivity contribution is -0.122. The molecule has 2 atom stereocenters. The zero-order valence-corrected chi connectivity index (χ0v) is 8.22. The first-order chi connectivity index (χ1) is 5.00. The second kappa shape index (κ2) is 4.50. The summed E-state index contributed by atoms with van der Waals surface area (Å²) in [6, 6.07) is 0.0972. The SMILES string of the molecule is CC[C@@H](C)[C@@H](C(C)=O)N(C)C. The third-order valence-corrected chi connectivity index (χ3v) is 2.16. The summed E-state index contributed by atoms with van der Waals surface area (Å²) in [7, 11) is 3.91. The maximum atomic E-state index is 11.1. The van der Waals surface area contributed by atoms with E-state index in [1.165, 1.54) is 0 Å². The van der Waals surface area contributed by atoms with Crippen molar-refractivity contribution in [2.45, 2.75) is 33.2 Å². The standard InChI is InChI=1S/C9H19NO/c1-6-7(2)9(8(3)11)10(4)5/h7,9H,6H2,1-5H3/t7-,9+/m1/s1. The average molecular weight is 157 g/mol. The van der Waals surface area contributed by atoms with Crippen LogP contribution in [0.2, 0.25) is 0 Å². The largest absolute Gasteiger partial charge is 0.300 e. The van der Waals surface area contributed by atoms with Gasteiger partial charge in [-0.1, -0.05) is 20.3 Å². The topological polar surface area (TPSA) is 20.3 Å². The first-order valence-corrected chi connectivity index (χ1v) is 4.17. The van der Waals surface area contributed by atoms with Crippen LogP contribution >= 0.6 is 0 Å². The van der Waals surface area contributed by atoms with E-state index in [-0.39, 0.29) is 11.8 Å². The van der Waals surface area contributed by atoms with Crippen molar-refractivity contribution >= 4 is 5.78 Å². The second-order valence-electron chi connectivity index (χ2n) is 3.40. The van der Waals surface area contributed by atoms with E-state index < -0.39 is 0 Å². The lowest BCUT2D eigenvalue weighted by atomic mass is 9.95. The highest BCUT2D eigenvalue weighted by Crippen LogP contribution is 2.12. The molecular weight excluding hydrogens is 138 g/mol. The van der Waals surface area contributed by atoms with Crippen LogP contribution in [0.3, 0.4) is 0 Å². The molecule has 0 amide bonds. The predicted octanol–water partition coefficient (Wildman–Crippen LogP) is 1.55. The van der Waals surface area contributed by atoms with Crippen LogP contribution in [-0.4, -0.2) is 30.8 Å². The summed E-state index contributed by atoms with van der Waals surface area (Å²) in [5.74, 6) is 0.729. The van der Waals surface area contributed by atoms with Crippen molar-refractivity contribution in [3.8, 4) is 0 Å². The van der Waals surface area contributed by atoms with E-state index in [4.69, 9.17) is 0 Å². The van der Waals surface area contributed by atoms with Gasteiger partial charge in [0.15, 0.2) is 0 Å². The minimum Gasteiger partial charge on any atom is -0.300 e. The van der Waals surface area contributed by atoms with Crippen molar-refractivity contribution in [3.63, 3.8) is 0 Å². The molecule has 0 aromatic heterocycles. The van der Waals surface area contributed by atoms with Crippen LogP contribution in [-0.2, 0) is 4.79 Å². The highest BCUT2D eigenvalue weighted by atomic mass is 16.1. The molecule has 2 nitrogen and oxygen atoms in total. The van der Waals surface area contributed by atoms with Gasteiger partial charge >= 0.3 is 0 Å². The molecule has 0 aliphatic carbocycles. The van der Waals surface area contributed by atoms with Gasteiger partial charge in [-0.05, 0) is 26.9 Å². The third-order valence-electron chi connectivity index (χ3n) is 2.16. The Morgan fingerprint density at radius 3 is 2.00 bits per heavy atom. The number of carbonyl (C=O) groups excluding carboxylic acids is 1. The van der Waals surface area contributed by atoms with Crippen LogP contribution in [0.15, 0.2) is 0 Å². The van der Waals surface area contributed by atoms with Crippen molar-refractivity contribution in [1.29, 1.82) is 0 Å². The molecule has 2 heteroatoms. The number of nitrogens with zero attached hydrogens (tertiary/aromatic N) is 1. The predicted molar refractivity (Wildman–Crippen MR) is 47.6 cm³/mol. The Balaban J connectivity index is 4.21. The van der Waals surface area contributed by atoms with E-state index in [9.17, 15) is 4.79 Å². The number of hydrogen-bond acceptors (Lipinski definition) is 2. The maximum Gasteiger partial charge on any atom is 0.147 e. The molecule has 0 aliphatic heterocycles. The number of hydrogen-bond donors (Lipinski definition) is 0. The Hall–Kier alpha value is -0.370. The molecule has 0 aromatic carbocycles. The summed E-state index contributed by atoms with van der Waals surface area (Å²) < 4.78 is 0. The summed E-state index contributed by atoms with van der Waals surface area (Å²) in [5, 5.41) is 0. The zero-order chi connectivity index (χ0) is 9.02. The molecule has 0 saturated carbocycles. The molecular formula is C9H19NO. The van der Waals surface area contributed by atoms with Crippen molar-refractivity contribution in [3.05, 3.63) is 0 Å². The molecule has 0 bridgehead atoms. The molecule has 0 spiro atoms. The molecule has 0 fully saturated rings. The second-order valence-corrected chi connectivity index (χ2v) is 3.40. The molecule has 66 valence electrons. The lowest BCUT2D eigenvalue weighted by Gasteiger charge is -2.26. The Bertz CT molecular complexity index is 132. The van der Waals surface area contributed by atoms with Crippen molar-refractivity contribution in [2.24, 2.45) is 5.92 Å². The molecule has 0 radical (unpaired) electrons. The van der Waals surface area contributed by atoms with Crippen LogP contribution in [0.1, 0.15) is 27.2 Å². The molecule has 0 aromatic rings. The minimum absolute atomic E-state index is 0.0972. The fourth-order valence-electron chi connectivity index (χ4n) is 1.50. The number of likely N-dealkylation sites (N-methyl/N-ethyl adjacent to an activating group) is 1. The van der Waals surface area contributed by atoms with Crippen LogP contribution < -0.4 is 0 Å². The molecule has 0 rings (SSSR count). The quantitative estimate of drug-likeness (QED) is 0.617. The van der Waals surface area contributed by atoms with Crippen molar-refractivity contribution < 1.29 is 4.79 Å². The highest BCUT2D eigenvalue weighted by molar-refractivity contribution is 5.81. The van der Waals surface area contributed by atoms with E-state index in [0.29, 0.717) is 5.92 Å². The van der Waals surface area contributed by atoms with E-state index >= 15 is 0 Å². The summed E-state index contributed by atoms with van der Waals surface area (Å²) in [6.07, 6.45) is 1.06. The first-order valence-electron chi connectivity index (χ1n) is 4.17. The van der Waals surface area contributed by atoms with Crippen LogP contribution in [0.4, 0.5) is 0 Å². The van der Waals surface area contributed by atoms with Crippen molar-refractivity contribution in [2.75, 3.05) is 14.1 Å². The minimum atomic E-state index is 0.0972. The molecule has 0 unspecified atom stereocenters. The van der Waals surface area contributed by atoms with Crippen LogP contribution in [0.5, 0.6) is 0 Å². The monoisotopic (exact) mass is 157 g/mol. The van der Waals surface area contributed by atoms with E-state index in [1.54, 1.807) is 6.92 Å². The molecule has 0 aliphatic rings. The summed E-state index contributed by atoms with van der Waals surface area (Å²) in [6.45, 7) is 5.90. The van der Waals surface area contributed by atoms with Gasteiger partial charge in [0.1, 0.15) is 5.78 Å². The summed E-state index contributed by atoms with van der Waals surface area (Å²) in [5.41, 5.74) is 0. The van der Waals surface area contributed by atoms with E-state index in [0.717, 1.165) is 6.42 Å². The van der Waals surface area contributed by atoms with Gasteiger partial charge in [0.2, 0.25) is 0 Å². The first kappa shape index (κ1) is 10.6. The molecule has 0 heterocycles. The number of rotatable bonds is 4. The molecule has 11 heavy (non-hydrogen) atoms. The number of carbonyl (C=O) groups is 1.